The molecule has 0 aliphatic rings. The fourth-order valence-electron chi connectivity index (χ4n) is 3.26. The number of nitrogens with one attached hydrogen (secondary N) is 1. The highest BCUT2D eigenvalue weighted by atomic mass is 32.1. The van der Waals surface area contributed by atoms with Crippen LogP contribution in [0.5, 0.6) is 17.2 Å². The first-order valence-electron chi connectivity index (χ1n) is 9.44. The van der Waals surface area contributed by atoms with Gasteiger partial charge >= 0.3 is 11.7 Å². The smallest absolute Gasteiger partial charge is 0.346 e. The number of aromatic nitrogens is 3. The van der Waals surface area contributed by atoms with E-state index in [1.54, 1.807) is 0 Å². The Bertz CT molecular complexity index is 1540. The number of H-pyrrole nitrogens is 1. The lowest BCUT2D eigenvalue weighted by Gasteiger charge is -2.14. The van der Waals surface area contributed by atoms with Gasteiger partial charge < -0.3 is 24.3 Å². The third-order valence-electron chi connectivity index (χ3n) is 4.86. The van der Waals surface area contributed by atoms with Gasteiger partial charge in [0, 0.05) is 11.4 Å². The number of pyridine rings is 1. The number of aromatic amines is 1. The molecule has 176 valence electrons. The molecule has 13 heteroatoms. The Balaban J connectivity index is 1.81. The minimum atomic E-state index is -1.33. The van der Waals surface area contributed by atoms with Crippen molar-refractivity contribution in [3.05, 3.63) is 72.7 Å². The van der Waals surface area contributed by atoms with Crippen LogP contribution in [-0.2, 0) is 6.61 Å². The van der Waals surface area contributed by atoms with E-state index >= 15 is 0 Å². The van der Waals surface area contributed by atoms with Crippen LogP contribution in [0, 0.1) is 11.6 Å². The van der Waals surface area contributed by atoms with Gasteiger partial charge in [-0.05, 0) is 12.1 Å². The molecular weight excluding hydrogens is 476 g/mol. The summed E-state index contributed by atoms with van der Waals surface area (Å²) in [6.07, 6.45) is 1.16. The van der Waals surface area contributed by atoms with Gasteiger partial charge in [0.2, 0.25) is 0 Å². The first-order valence-corrected chi connectivity index (χ1v) is 10.3. The van der Waals surface area contributed by atoms with Crippen molar-refractivity contribution >= 4 is 28.2 Å². The lowest BCUT2D eigenvalue weighted by Crippen LogP contribution is -2.34. The number of fused-ring (bicyclic) bond motifs is 1. The molecule has 0 saturated carbocycles. The van der Waals surface area contributed by atoms with E-state index in [4.69, 9.17) is 14.2 Å². The predicted molar refractivity (Wildman–Crippen MR) is 117 cm³/mol. The standard InChI is InChI=1S/C21H15F2N3O7S/c1-31-12-4-3-10(22)17(23)9(12)7-33-13-5-15(24-6-14(13)32-2)26-19(27)16-11(25-21(26)30)8-34-18(16)20(28)29/h3-6,8H,7H2,1-2H3,(H,25,30)(H,28,29). The second kappa shape index (κ2) is 8.94. The van der Waals surface area contributed by atoms with E-state index < -0.39 is 35.5 Å². The highest BCUT2D eigenvalue weighted by molar-refractivity contribution is 7.13. The van der Waals surface area contributed by atoms with Crippen molar-refractivity contribution in [2.45, 2.75) is 6.61 Å². The summed E-state index contributed by atoms with van der Waals surface area (Å²) in [5.41, 5.74) is -1.90. The molecule has 0 fully saturated rings. The molecule has 4 aromatic rings. The molecule has 34 heavy (non-hydrogen) atoms. The molecule has 0 aliphatic carbocycles. The maximum absolute atomic E-state index is 14.3. The molecule has 0 radical (unpaired) electrons. The minimum Gasteiger partial charge on any atom is -0.496 e. The Labute approximate surface area is 192 Å². The average molecular weight is 491 g/mol. The van der Waals surface area contributed by atoms with Crippen molar-refractivity contribution in [3.63, 3.8) is 0 Å². The van der Waals surface area contributed by atoms with Crippen molar-refractivity contribution in [1.82, 2.24) is 14.5 Å². The molecule has 10 nitrogen and oxygen atoms in total. The van der Waals surface area contributed by atoms with Crippen LogP contribution in [-0.4, -0.2) is 39.8 Å². The Morgan fingerprint density at radius 3 is 2.59 bits per heavy atom. The molecule has 0 spiro atoms. The van der Waals surface area contributed by atoms with Crippen LogP contribution in [0.4, 0.5) is 8.78 Å². The second-order valence-corrected chi connectivity index (χ2v) is 7.63. The lowest BCUT2D eigenvalue weighted by atomic mass is 10.2. The van der Waals surface area contributed by atoms with E-state index in [1.807, 2.05) is 0 Å². The summed E-state index contributed by atoms with van der Waals surface area (Å²) in [6, 6.07) is 3.33. The quantitative estimate of drug-likeness (QED) is 0.403. The number of aromatic carboxylic acids is 1. The van der Waals surface area contributed by atoms with Crippen LogP contribution in [0.1, 0.15) is 15.2 Å². The predicted octanol–water partition coefficient (Wildman–Crippen LogP) is 2.71. The highest BCUT2D eigenvalue weighted by Crippen LogP contribution is 2.31. The number of ether oxygens (including phenoxy) is 3. The van der Waals surface area contributed by atoms with Crippen LogP contribution in [0.15, 0.2) is 39.4 Å². The molecule has 1 aromatic carbocycles. The van der Waals surface area contributed by atoms with Crippen LogP contribution in [0.2, 0.25) is 0 Å². The first kappa shape index (κ1) is 22.9. The van der Waals surface area contributed by atoms with Crippen molar-refractivity contribution in [1.29, 1.82) is 0 Å². The summed E-state index contributed by atoms with van der Waals surface area (Å²) in [6.45, 7) is -0.482. The van der Waals surface area contributed by atoms with Crippen molar-refractivity contribution in [2.24, 2.45) is 0 Å². The van der Waals surface area contributed by atoms with Gasteiger partial charge in [-0.2, -0.15) is 0 Å². The highest BCUT2D eigenvalue weighted by Gasteiger charge is 2.21. The molecule has 3 heterocycles. The molecule has 0 aliphatic heterocycles. The van der Waals surface area contributed by atoms with E-state index in [9.17, 15) is 28.3 Å². The first-order chi connectivity index (χ1) is 16.3. The van der Waals surface area contributed by atoms with Crippen molar-refractivity contribution in [2.75, 3.05) is 14.2 Å². The number of hydrogen-bond donors (Lipinski definition) is 2. The molecule has 2 N–H and O–H groups in total. The van der Waals surface area contributed by atoms with Crippen molar-refractivity contribution in [3.8, 4) is 23.1 Å². The summed E-state index contributed by atoms with van der Waals surface area (Å²) in [7, 11) is 2.59. The summed E-state index contributed by atoms with van der Waals surface area (Å²) in [4.78, 5) is 43.3. The molecule has 0 amide bonds. The van der Waals surface area contributed by atoms with Gasteiger partial charge in [-0.1, -0.05) is 0 Å². The topological polar surface area (TPSA) is 133 Å². The van der Waals surface area contributed by atoms with Gasteiger partial charge in [0.15, 0.2) is 23.1 Å². The van der Waals surface area contributed by atoms with Crippen LogP contribution in [0.25, 0.3) is 16.7 Å². The average Bonchev–Trinajstić information content (AvgIpc) is 3.24. The van der Waals surface area contributed by atoms with E-state index in [1.165, 1.54) is 31.7 Å². The van der Waals surface area contributed by atoms with Crippen molar-refractivity contribution < 1.29 is 32.9 Å². The SMILES string of the molecule is COc1cnc(-n2c(=O)[nH]c3csc(C(=O)O)c3c2=O)cc1OCc1c(OC)ccc(F)c1F. The van der Waals surface area contributed by atoms with E-state index in [-0.39, 0.29) is 44.4 Å². The fraction of sp³-hybridized carbons (Fsp3) is 0.143. The Hall–Kier alpha value is -4.26. The fourth-order valence-corrected chi connectivity index (χ4v) is 4.08. The van der Waals surface area contributed by atoms with Gasteiger partial charge in [0.1, 0.15) is 23.1 Å². The Morgan fingerprint density at radius 1 is 1.18 bits per heavy atom. The number of benzene rings is 1. The van der Waals surface area contributed by atoms with Crippen LogP contribution < -0.4 is 25.5 Å². The van der Waals surface area contributed by atoms with Crippen LogP contribution >= 0.6 is 11.3 Å². The molecule has 3 aromatic heterocycles. The van der Waals surface area contributed by atoms with Crippen LogP contribution in [0.3, 0.4) is 0 Å². The van der Waals surface area contributed by atoms with E-state index in [0.717, 1.165) is 23.6 Å². The second-order valence-electron chi connectivity index (χ2n) is 6.75. The summed E-state index contributed by atoms with van der Waals surface area (Å²) in [5, 5.41) is 10.5. The zero-order valence-corrected chi connectivity index (χ0v) is 18.4. The largest absolute Gasteiger partial charge is 0.496 e. The number of carboxylic acid groups (broad SMARTS) is 1. The number of nitrogens with zero attached hydrogens (tertiary/aromatic N) is 2. The van der Waals surface area contributed by atoms with Gasteiger partial charge in [-0.15, -0.1) is 11.3 Å². The Kier molecular flexibility index (Phi) is 6.03. The van der Waals surface area contributed by atoms with E-state index in [0.29, 0.717) is 4.57 Å². The maximum atomic E-state index is 14.3. The minimum absolute atomic E-state index is 0.0453. The number of carboxylic acids is 1. The molecule has 0 bridgehead atoms. The lowest BCUT2D eigenvalue weighted by molar-refractivity contribution is 0.0704. The Morgan fingerprint density at radius 2 is 1.91 bits per heavy atom. The number of halogens is 2. The zero-order valence-electron chi connectivity index (χ0n) is 17.5. The van der Waals surface area contributed by atoms with Gasteiger partial charge in [-0.3, -0.25) is 4.79 Å². The summed E-state index contributed by atoms with van der Waals surface area (Å²) in [5.74, 6) is -3.72. The normalized spacial score (nSPS) is 10.9. The third-order valence-corrected chi connectivity index (χ3v) is 5.83. The third kappa shape index (κ3) is 3.85. The van der Waals surface area contributed by atoms with E-state index in [2.05, 4.69) is 9.97 Å². The number of thiophene rings is 1. The summed E-state index contributed by atoms with van der Waals surface area (Å²) >= 11 is 0.792. The molecule has 0 unspecified atom stereocenters. The maximum Gasteiger partial charge on any atom is 0.346 e. The molecule has 4 rings (SSSR count). The monoisotopic (exact) mass is 491 g/mol. The molecule has 0 atom stereocenters. The van der Waals surface area contributed by atoms with Gasteiger partial charge in [-0.25, -0.2) is 27.9 Å². The van der Waals surface area contributed by atoms with Gasteiger partial charge in [0.25, 0.3) is 5.56 Å². The number of methoxy groups -OCH3 is 2. The summed E-state index contributed by atoms with van der Waals surface area (Å²) < 4.78 is 44.4. The number of rotatable bonds is 7. The zero-order chi connectivity index (χ0) is 24.6. The molecule has 0 saturated heterocycles. The number of carbonyl (C=O) groups is 1. The van der Waals surface area contributed by atoms with Gasteiger partial charge in [0.05, 0.1) is 36.9 Å². The molecular formula is C21H15F2N3O7S. The number of hydrogen-bond acceptors (Lipinski definition) is 8.